The van der Waals surface area contributed by atoms with E-state index >= 15 is 0 Å². The molecule has 3 nitrogen and oxygen atoms in total. The van der Waals surface area contributed by atoms with Crippen molar-refractivity contribution < 1.29 is 4.74 Å². The molecule has 1 aromatic heterocycles. The van der Waals surface area contributed by atoms with E-state index < -0.39 is 0 Å². The Morgan fingerprint density at radius 2 is 1.74 bits per heavy atom. The van der Waals surface area contributed by atoms with Crippen LogP contribution in [0, 0.1) is 20.8 Å². The fraction of sp³-hybridized carbons (Fsp3) is 0.250. The van der Waals surface area contributed by atoms with Crippen LogP contribution in [0.5, 0.6) is 5.75 Å². The normalized spacial score (nSPS) is 10.9. The number of pyridine rings is 1. The van der Waals surface area contributed by atoms with Gasteiger partial charge in [-0.2, -0.15) is 0 Å². The number of nitrogens with zero attached hydrogens (tertiary/aromatic N) is 1. The molecule has 0 unspecified atom stereocenters. The van der Waals surface area contributed by atoms with Crippen molar-refractivity contribution in [2.75, 3.05) is 6.61 Å². The largest absolute Gasteiger partial charge is 0.492 e. The van der Waals surface area contributed by atoms with E-state index in [2.05, 4.69) is 6.07 Å². The second kappa shape index (κ2) is 6.29. The number of aromatic nitrogens is 1. The molecule has 3 aromatic rings. The van der Waals surface area contributed by atoms with Gasteiger partial charge in [0.2, 0.25) is 0 Å². The predicted octanol–water partition coefficient (Wildman–Crippen LogP) is 4.01. The molecule has 0 bridgehead atoms. The number of hydrogen-bond donors (Lipinski definition) is 0. The van der Waals surface area contributed by atoms with Crippen LogP contribution < -0.4 is 10.3 Å². The van der Waals surface area contributed by atoms with Crippen LogP contribution in [-0.2, 0) is 6.54 Å². The lowest BCUT2D eigenvalue weighted by molar-refractivity contribution is 0.298. The highest BCUT2D eigenvalue weighted by molar-refractivity contribution is 5.85. The lowest BCUT2D eigenvalue weighted by Gasteiger charge is -2.14. The summed E-state index contributed by atoms with van der Waals surface area (Å²) in [5.41, 5.74) is 4.32. The zero-order valence-electron chi connectivity index (χ0n) is 13.8. The van der Waals surface area contributed by atoms with E-state index in [1.54, 1.807) is 6.07 Å². The third-order valence-electron chi connectivity index (χ3n) is 4.11. The highest BCUT2D eigenvalue weighted by atomic mass is 16.5. The summed E-state index contributed by atoms with van der Waals surface area (Å²) in [7, 11) is 0. The Balaban J connectivity index is 1.90. The average Bonchev–Trinajstić information content (AvgIpc) is 2.51. The Hall–Kier alpha value is -2.55. The van der Waals surface area contributed by atoms with Gasteiger partial charge in [0.1, 0.15) is 12.4 Å². The van der Waals surface area contributed by atoms with Gasteiger partial charge in [0, 0.05) is 11.5 Å². The summed E-state index contributed by atoms with van der Waals surface area (Å²) < 4.78 is 7.62. The lowest BCUT2D eigenvalue weighted by Crippen LogP contribution is -2.24. The second-order valence-corrected chi connectivity index (χ2v) is 5.95. The Kier molecular flexibility index (Phi) is 4.20. The van der Waals surface area contributed by atoms with E-state index in [0.717, 1.165) is 33.3 Å². The molecular weight excluding hydrogens is 286 g/mol. The van der Waals surface area contributed by atoms with Crippen LogP contribution in [0.1, 0.15) is 16.7 Å². The first-order chi connectivity index (χ1) is 11.1. The van der Waals surface area contributed by atoms with Crippen LogP contribution in [0.15, 0.2) is 53.3 Å². The molecule has 2 aromatic carbocycles. The van der Waals surface area contributed by atoms with E-state index in [1.165, 1.54) is 0 Å². The van der Waals surface area contributed by atoms with E-state index in [4.69, 9.17) is 4.74 Å². The molecule has 0 saturated heterocycles. The maximum absolute atomic E-state index is 12.4. The fourth-order valence-electron chi connectivity index (χ4n) is 2.97. The van der Waals surface area contributed by atoms with Gasteiger partial charge in [-0.1, -0.05) is 30.3 Å². The summed E-state index contributed by atoms with van der Waals surface area (Å²) in [6.07, 6.45) is 0. The van der Waals surface area contributed by atoms with E-state index in [-0.39, 0.29) is 5.56 Å². The fourth-order valence-corrected chi connectivity index (χ4v) is 2.97. The van der Waals surface area contributed by atoms with Gasteiger partial charge in [-0.3, -0.25) is 4.79 Å². The summed E-state index contributed by atoms with van der Waals surface area (Å²) in [4.78, 5) is 12.4. The quantitative estimate of drug-likeness (QED) is 0.729. The molecule has 0 aliphatic heterocycles. The first-order valence-corrected chi connectivity index (χ1v) is 7.85. The van der Waals surface area contributed by atoms with E-state index in [9.17, 15) is 4.79 Å². The van der Waals surface area contributed by atoms with Crippen molar-refractivity contribution in [3.63, 3.8) is 0 Å². The molecule has 0 fully saturated rings. The van der Waals surface area contributed by atoms with Crippen LogP contribution in [0.3, 0.4) is 0 Å². The number of benzene rings is 2. The summed E-state index contributed by atoms with van der Waals surface area (Å²) >= 11 is 0. The van der Waals surface area contributed by atoms with Crippen LogP contribution in [0.2, 0.25) is 0 Å². The molecule has 0 atom stereocenters. The lowest BCUT2D eigenvalue weighted by atomic mass is 10.1. The van der Waals surface area contributed by atoms with Gasteiger partial charge in [-0.05, 0) is 49.6 Å². The minimum Gasteiger partial charge on any atom is -0.492 e. The third-order valence-corrected chi connectivity index (χ3v) is 4.11. The monoisotopic (exact) mass is 307 g/mol. The highest BCUT2D eigenvalue weighted by Gasteiger charge is 2.08. The predicted molar refractivity (Wildman–Crippen MR) is 94.4 cm³/mol. The molecule has 0 aliphatic carbocycles. The SMILES string of the molecule is Cc1cccc(OCCn2c(=O)cc(C)c3cccc(C)c32)c1. The van der Waals surface area contributed by atoms with Gasteiger partial charge in [-0.25, -0.2) is 0 Å². The number of fused-ring (bicyclic) bond motifs is 1. The number of rotatable bonds is 4. The molecule has 23 heavy (non-hydrogen) atoms. The molecule has 0 saturated carbocycles. The first-order valence-electron chi connectivity index (χ1n) is 7.85. The van der Waals surface area contributed by atoms with Gasteiger partial charge in [0.25, 0.3) is 5.56 Å². The number of aryl methyl sites for hydroxylation is 3. The molecule has 0 aliphatic rings. The number of ether oxygens (including phenoxy) is 1. The minimum absolute atomic E-state index is 0.0251. The van der Waals surface area contributed by atoms with Crippen LogP contribution in [-0.4, -0.2) is 11.2 Å². The number of hydrogen-bond acceptors (Lipinski definition) is 2. The highest BCUT2D eigenvalue weighted by Crippen LogP contribution is 2.20. The molecule has 3 heteroatoms. The summed E-state index contributed by atoms with van der Waals surface area (Å²) in [6, 6.07) is 15.8. The zero-order chi connectivity index (χ0) is 16.4. The van der Waals surface area contributed by atoms with Gasteiger partial charge < -0.3 is 9.30 Å². The van der Waals surface area contributed by atoms with Crippen LogP contribution in [0.4, 0.5) is 0 Å². The number of para-hydroxylation sites is 1. The molecule has 0 N–H and O–H groups in total. The molecule has 0 radical (unpaired) electrons. The Bertz CT molecular complexity index is 909. The van der Waals surface area contributed by atoms with E-state index in [1.807, 2.05) is 61.7 Å². The first kappa shape index (κ1) is 15.3. The van der Waals surface area contributed by atoms with Crippen molar-refractivity contribution >= 4 is 10.9 Å². The Morgan fingerprint density at radius 3 is 2.52 bits per heavy atom. The summed E-state index contributed by atoms with van der Waals surface area (Å²) in [5, 5.41) is 1.13. The van der Waals surface area contributed by atoms with Crippen LogP contribution >= 0.6 is 0 Å². The smallest absolute Gasteiger partial charge is 0.251 e. The third kappa shape index (κ3) is 3.14. The summed E-state index contributed by atoms with van der Waals surface area (Å²) in [6.45, 7) is 7.06. The van der Waals surface area contributed by atoms with Gasteiger partial charge in [0.05, 0.1) is 12.1 Å². The average molecular weight is 307 g/mol. The van der Waals surface area contributed by atoms with Crippen molar-refractivity contribution in [1.82, 2.24) is 4.57 Å². The van der Waals surface area contributed by atoms with Crippen molar-refractivity contribution in [3.8, 4) is 5.75 Å². The van der Waals surface area contributed by atoms with Gasteiger partial charge >= 0.3 is 0 Å². The molecule has 118 valence electrons. The maximum Gasteiger partial charge on any atom is 0.251 e. The standard InChI is InChI=1S/C20H21NO2/c1-14-6-4-8-17(12-14)23-11-10-21-19(22)13-16(3)18-9-5-7-15(2)20(18)21/h4-9,12-13H,10-11H2,1-3H3. The second-order valence-electron chi connectivity index (χ2n) is 5.95. The molecule has 0 amide bonds. The maximum atomic E-state index is 12.4. The van der Waals surface area contributed by atoms with Crippen molar-refractivity contribution in [1.29, 1.82) is 0 Å². The van der Waals surface area contributed by atoms with Crippen LogP contribution in [0.25, 0.3) is 10.9 Å². The Morgan fingerprint density at radius 1 is 0.957 bits per heavy atom. The van der Waals surface area contributed by atoms with Crippen molar-refractivity contribution in [3.05, 3.63) is 75.6 Å². The van der Waals surface area contributed by atoms with Gasteiger partial charge in [0.15, 0.2) is 0 Å². The molecule has 1 heterocycles. The molecular formula is C20H21NO2. The molecule has 3 rings (SSSR count). The Labute approximate surface area is 136 Å². The minimum atomic E-state index is 0.0251. The molecule has 0 spiro atoms. The van der Waals surface area contributed by atoms with Gasteiger partial charge in [-0.15, -0.1) is 0 Å². The summed E-state index contributed by atoms with van der Waals surface area (Å²) in [5.74, 6) is 0.839. The van der Waals surface area contributed by atoms with E-state index in [0.29, 0.717) is 13.2 Å². The topological polar surface area (TPSA) is 31.2 Å². The van der Waals surface area contributed by atoms with Crippen molar-refractivity contribution in [2.45, 2.75) is 27.3 Å². The van der Waals surface area contributed by atoms with Crippen molar-refractivity contribution in [2.24, 2.45) is 0 Å². The zero-order valence-corrected chi connectivity index (χ0v) is 13.8.